The molecule has 0 bridgehead atoms. The van der Waals surface area contributed by atoms with Gasteiger partial charge in [0.25, 0.3) is 0 Å². The molecule has 0 radical (unpaired) electrons. The number of rotatable bonds is 7. The van der Waals surface area contributed by atoms with Crippen molar-refractivity contribution >= 4 is 39.9 Å². The van der Waals surface area contributed by atoms with E-state index in [1.807, 2.05) is 0 Å². The molecule has 2 aromatic carbocycles. The van der Waals surface area contributed by atoms with Gasteiger partial charge in [0.1, 0.15) is 29.5 Å². The molecule has 2 aromatic heterocycles. The molecule has 0 fully saturated rings. The second-order valence-corrected chi connectivity index (χ2v) is 7.86. The zero-order valence-electron chi connectivity index (χ0n) is 16.4. The van der Waals surface area contributed by atoms with Crippen molar-refractivity contribution in [2.45, 2.75) is 6.61 Å². The minimum Gasteiger partial charge on any atom is -0.493 e. The Bertz CT molecular complexity index is 1290. The van der Waals surface area contributed by atoms with E-state index >= 15 is 0 Å². The third kappa shape index (κ3) is 4.01. The first-order valence-electron chi connectivity index (χ1n) is 8.94. The molecule has 0 aliphatic carbocycles. The van der Waals surface area contributed by atoms with Gasteiger partial charge >= 0.3 is 5.97 Å². The minimum atomic E-state index is -1.12. The maximum Gasteiger partial charge on any atom is 0.349 e. The summed E-state index contributed by atoms with van der Waals surface area (Å²) in [6.45, 7) is -0.00867. The van der Waals surface area contributed by atoms with Gasteiger partial charge in [-0.2, -0.15) is 0 Å². The lowest BCUT2D eigenvalue weighted by Crippen LogP contribution is -2.00. The quantitative estimate of drug-likeness (QED) is 0.408. The van der Waals surface area contributed by atoms with Crippen LogP contribution in [0.5, 0.6) is 17.2 Å². The Kier molecular flexibility index (Phi) is 5.71. The van der Waals surface area contributed by atoms with Crippen molar-refractivity contribution in [3.8, 4) is 22.2 Å². The van der Waals surface area contributed by atoms with Gasteiger partial charge in [-0.1, -0.05) is 17.7 Å². The highest BCUT2D eigenvalue weighted by Crippen LogP contribution is 2.37. The first-order chi connectivity index (χ1) is 14.9. The number of aromatic nitrogens is 2. The zero-order valence-corrected chi connectivity index (χ0v) is 18.0. The number of nitrogens with zero attached hydrogens (tertiary/aromatic N) is 2. The van der Waals surface area contributed by atoms with E-state index in [2.05, 4.69) is 4.98 Å². The van der Waals surface area contributed by atoms with Crippen LogP contribution in [-0.2, 0) is 6.61 Å². The van der Waals surface area contributed by atoms with Crippen molar-refractivity contribution in [2.24, 2.45) is 0 Å². The smallest absolute Gasteiger partial charge is 0.349 e. The van der Waals surface area contributed by atoms with Gasteiger partial charge in [-0.25, -0.2) is 14.2 Å². The van der Waals surface area contributed by atoms with E-state index in [9.17, 15) is 14.3 Å². The van der Waals surface area contributed by atoms with E-state index in [1.54, 1.807) is 29.1 Å². The van der Waals surface area contributed by atoms with Crippen molar-refractivity contribution in [1.82, 2.24) is 9.55 Å². The first kappa shape index (κ1) is 21.0. The number of hydrogen-bond donors (Lipinski definition) is 1. The Hall–Kier alpha value is -3.30. The molecule has 0 spiro atoms. The number of thiophene rings is 1. The third-order valence-corrected chi connectivity index (χ3v) is 6.02. The van der Waals surface area contributed by atoms with Crippen LogP contribution < -0.4 is 14.2 Å². The summed E-state index contributed by atoms with van der Waals surface area (Å²) in [4.78, 5) is 16.2. The van der Waals surface area contributed by atoms with Crippen LogP contribution >= 0.6 is 22.9 Å². The molecule has 0 unspecified atom stereocenters. The summed E-state index contributed by atoms with van der Waals surface area (Å²) >= 11 is 7.07. The van der Waals surface area contributed by atoms with Crippen molar-refractivity contribution in [3.63, 3.8) is 0 Å². The number of imidazole rings is 1. The molecule has 31 heavy (non-hydrogen) atoms. The molecule has 0 aliphatic heterocycles. The molecule has 4 rings (SSSR count). The highest BCUT2D eigenvalue weighted by atomic mass is 35.5. The topological polar surface area (TPSA) is 82.8 Å². The van der Waals surface area contributed by atoms with Crippen LogP contribution in [0.2, 0.25) is 5.02 Å². The number of aromatic carboxylic acids is 1. The Morgan fingerprint density at radius 2 is 1.90 bits per heavy atom. The molecule has 4 aromatic rings. The Labute approximate surface area is 185 Å². The van der Waals surface area contributed by atoms with Crippen LogP contribution in [-0.4, -0.2) is 34.8 Å². The summed E-state index contributed by atoms with van der Waals surface area (Å²) < 4.78 is 31.4. The van der Waals surface area contributed by atoms with Crippen LogP contribution in [0.1, 0.15) is 15.2 Å². The second kappa shape index (κ2) is 8.44. The standard InChI is InChI=1S/C21H16ClFN2O5S/c1-28-16-6-14-15(7-17(16)29-2)25(10-24-14)19-8-18(20(31-19)21(26)27)30-9-11-3-4-12(23)5-13(11)22/h3-8,10H,9H2,1-2H3,(H,26,27). The number of carboxylic acids is 1. The summed E-state index contributed by atoms with van der Waals surface area (Å²) in [5.41, 5.74) is 1.91. The maximum atomic E-state index is 13.2. The number of methoxy groups -OCH3 is 2. The number of carboxylic acid groups (broad SMARTS) is 1. The normalized spacial score (nSPS) is 11.0. The predicted octanol–water partition coefficient (Wildman–Crippen LogP) is 5.17. The van der Waals surface area contributed by atoms with Gasteiger partial charge in [0, 0.05) is 23.8 Å². The van der Waals surface area contributed by atoms with Crippen LogP contribution in [0, 0.1) is 5.82 Å². The average Bonchev–Trinajstić information content (AvgIpc) is 3.35. The Balaban J connectivity index is 1.71. The number of carbonyl (C=O) groups is 1. The number of halogens is 2. The van der Waals surface area contributed by atoms with Gasteiger partial charge in [-0.3, -0.25) is 4.57 Å². The second-order valence-electron chi connectivity index (χ2n) is 6.42. The van der Waals surface area contributed by atoms with Crippen LogP contribution in [0.15, 0.2) is 42.7 Å². The Morgan fingerprint density at radius 3 is 2.58 bits per heavy atom. The predicted molar refractivity (Wildman–Crippen MR) is 115 cm³/mol. The van der Waals surface area contributed by atoms with Crippen molar-refractivity contribution < 1.29 is 28.5 Å². The van der Waals surface area contributed by atoms with Gasteiger partial charge in [0.05, 0.1) is 30.3 Å². The van der Waals surface area contributed by atoms with Crippen molar-refractivity contribution in [2.75, 3.05) is 14.2 Å². The monoisotopic (exact) mass is 462 g/mol. The summed E-state index contributed by atoms with van der Waals surface area (Å²) in [7, 11) is 3.07. The molecule has 160 valence electrons. The van der Waals surface area contributed by atoms with Crippen molar-refractivity contribution in [1.29, 1.82) is 0 Å². The third-order valence-electron chi connectivity index (χ3n) is 4.57. The molecule has 10 heteroatoms. The fourth-order valence-electron chi connectivity index (χ4n) is 3.04. The maximum absolute atomic E-state index is 13.2. The van der Waals surface area contributed by atoms with E-state index in [-0.39, 0.29) is 22.3 Å². The summed E-state index contributed by atoms with van der Waals surface area (Å²) in [5.74, 6) is -0.348. The number of fused-ring (bicyclic) bond motifs is 1. The van der Waals surface area contributed by atoms with Crippen LogP contribution in [0.3, 0.4) is 0 Å². The number of benzene rings is 2. The molecular formula is C21H16ClFN2O5S. The fraction of sp³-hybridized carbons (Fsp3) is 0.143. The van der Waals surface area contributed by atoms with E-state index in [0.717, 1.165) is 11.3 Å². The lowest BCUT2D eigenvalue weighted by atomic mass is 10.2. The first-order valence-corrected chi connectivity index (χ1v) is 10.1. The number of hydrogen-bond acceptors (Lipinski definition) is 6. The highest BCUT2D eigenvalue weighted by molar-refractivity contribution is 7.16. The van der Waals surface area contributed by atoms with E-state index < -0.39 is 11.8 Å². The summed E-state index contributed by atoms with van der Waals surface area (Å²) in [5, 5.41) is 10.4. The van der Waals surface area contributed by atoms with E-state index in [0.29, 0.717) is 33.1 Å². The fourth-order valence-corrected chi connectivity index (χ4v) is 4.19. The molecule has 1 N–H and O–H groups in total. The average molecular weight is 463 g/mol. The molecule has 2 heterocycles. The molecule has 0 saturated carbocycles. The largest absolute Gasteiger partial charge is 0.493 e. The van der Waals surface area contributed by atoms with Crippen molar-refractivity contribution in [3.05, 3.63) is 64.0 Å². The highest BCUT2D eigenvalue weighted by Gasteiger charge is 2.20. The summed E-state index contributed by atoms with van der Waals surface area (Å²) in [6, 6.07) is 9.06. The number of ether oxygens (including phenoxy) is 3. The molecule has 0 saturated heterocycles. The van der Waals surface area contributed by atoms with Gasteiger partial charge in [0.2, 0.25) is 0 Å². The SMILES string of the molecule is COc1cc2ncn(-c3cc(OCc4ccc(F)cc4Cl)c(C(=O)O)s3)c2cc1OC. The molecule has 0 atom stereocenters. The molecule has 7 nitrogen and oxygen atoms in total. The van der Waals surface area contributed by atoms with Crippen LogP contribution in [0.25, 0.3) is 16.0 Å². The lowest BCUT2D eigenvalue weighted by Gasteiger charge is -2.08. The van der Waals surface area contributed by atoms with Gasteiger partial charge in [-0.15, -0.1) is 11.3 Å². The Morgan fingerprint density at radius 1 is 1.16 bits per heavy atom. The van der Waals surface area contributed by atoms with E-state index in [4.69, 9.17) is 25.8 Å². The molecule has 0 aliphatic rings. The van der Waals surface area contributed by atoms with Gasteiger partial charge in [-0.05, 0) is 12.1 Å². The molecule has 0 amide bonds. The van der Waals surface area contributed by atoms with Gasteiger partial charge in [0.15, 0.2) is 16.4 Å². The molecular weight excluding hydrogens is 447 g/mol. The van der Waals surface area contributed by atoms with Crippen LogP contribution in [0.4, 0.5) is 4.39 Å². The lowest BCUT2D eigenvalue weighted by molar-refractivity contribution is 0.0697. The minimum absolute atomic E-state index is 0.00867. The summed E-state index contributed by atoms with van der Waals surface area (Å²) in [6.07, 6.45) is 1.58. The van der Waals surface area contributed by atoms with Gasteiger partial charge < -0.3 is 19.3 Å². The van der Waals surface area contributed by atoms with E-state index in [1.165, 1.54) is 32.4 Å². The zero-order chi connectivity index (χ0) is 22.1.